The van der Waals surface area contributed by atoms with Gasteiger partial charge in [-0.2, -0.15) is 11.8 Å². The van der Waals surface area contributed by atoms with Crippen LogP contribution < -0.4 is 0 Å². The number of benzene rings is 1. The smallest absolute Gasteiger partial charge is 0.232 e. The maximum atomic E-state index is 12.3. The van der Waals surface area contributed by atoms with E-state index in [4.69, 9.17) is 0 Å². The minimum Gasteiger partial charge on any atom is -0.337 e. The normalized spacial score (nSPS) is 10.6. The van der Waals surface area contributed by atoms with Crippen molar-refractivity contribution in [2.75, 3.05) is 18.6 Å². The largest absolute Gasteiger partial charge is 0.337 e. The summed E-state index contributed by atoms with van der Waals surface area (Å²) in [5, 5.41) is 0. The summed E-state index contributed by atoms with van der Waals surface area (Å²) in [4.78, 5) is 16.8. The summed E-state index contributed by atoms with van der Waals surface area (Å²) in [6, 6.07) is 14.6. The molecule has 1 aromatic heterocycles. The average molecular weight is 319 g/mol. The fourth-order valence-electron chi connectivity index (χ4n) is 2.17. The van der Waals surface area contributed by atoms with E-state index in [-0.39, 0.29) is 5.91 Å². The molecule has 0 aliphatic carbocycles. The summed E-state index contributed by atoms with van der Waals surface area (Å²) in [5.41, 5.74) is 1.28. The topological polar surface area (TPSA) is 20.3 Å². The van der Waals surface area contributed by atoms with E-state index in [0.29, 0.717) is 5.75 Å². The highest BCUT2D eigenvalue weighted by Gasteiger charge is 2.14. The van der Waals surface area contributed by atoms with Gasteiger partial charge in [-0.05, 0) is 37.3 Å². The third-order valence-corrected chi connectivity index (χ3v) is 4.80. The highest BCUT2D eigenvalue weighted by Crippen LogP contribution is 2.18. The lowest BCUT2D eigenvalue weighted by atomic mass is 10.1. The molecule has 4 heteroatoms. The Hall–Kier alpha value is -1.26. The summed E-state index contributed by atoms with van der Waals surface area (Å²) in [7, 11) is 0. The first-order chi connectivity index (χ1) is 10.2. The number of hydrogen-bond acceptors (Lipinski definition) is 3. The molecule has 21 heavy (non-hydrogen) atoms. The predicted molar refractivity (Wildman–Crippen MR) is 93.0 cm³/mol. The summed E-state index contributed by atoms with van der Waals surface area (Å²) in [6.45, 7) is 3.61. The lowest BCUT2D eigenvalue weighted by Gasteiger charge is -2.22. The van der Waals surface area contributed by atoms with E-state index < -0.39 is 0 Å². The van der Waals surface area contributed by atoms with E-state index in [1.165, 1.54) is 15.3 Å². The molecule has 0 unspecified atom stereocenters. The second kappa shape index (κ2) is 8.25. The van der Waals surface area contributed by atoms with Crippen molar-refractivity contribution in [3.05, 3.63) is 57.8 Å². The van der Waals surface area contributed by atoms with Gasteiger partial charge >= 0.3 is 0 Å². The molecule has 0 atom stereocenters. The van der Waals surface area contributed by atoms with Crippen LogP contribution >= 0.6 is 23.1 Å². The molecule has 0 N–H and O–H groups in total. The number of carbonyl (C=O) groups is 1. The van der Waals surface area contributed by atoms with E-state index in [0.717, 1.165) is 19.5 Å². The van der Waals surface area contributed by atoms with Crippen LogP contribution in [-0.2, 0) is 17.8 Å². The Kier molecular flexibility index (Phi) is 6.33. The fraction of sp³-hybridized carbons (Fsp3) is 0.353. The van der Waals surface area contributed by atoms with Crippen LogP contribution in [0.25, 0.3) is 0 Å². The predicted octanol–water partition coefficient (Wildman–Crippen LogP) is 3.99. The Morgan fingerprint density at radius 3 is 2.57 bits per heavy atom. The molecule has 1 amide bonds. The highest BCUT2D eigenvalue weighted by molar-refractivity contribution is 7.99. The van der Waals surface area contributed by atoms with Gasteiger partial charge in [0.2, 0.25) is 5.91 Å². The zero-order valence-electron chi connectivity index (χ0n) is 12.5. The van der Waals surface area contributed by atoms with Crippen LogP contribution in [0.2, 0.25) is 0 Å². The Bertz CT molecular complexity index is 565. The van der Waals surface area contributed by atoms with E-state index in [1.54, 1.807) is 23.1 Å². The number of hydrogen-bond donors (Lipinski definition) is 0. The quantitative estimate of drug-likeness (QED) is 0.769. The summed E-state index contributed by atoms with van der Waals surface area (Å²) >= 11 is 3.36. The van der Waals surface area contributed by atoms with Crippen molar-refractivity contribution < 1.29 is 4.79 Å². The van der Waals surface area contributed by atoms with Crippen molar-refractivity contribution in [3.63, 3.8) is 0 Å². The van der Waals surface area contributed by atoms with Crippen LogP contribution in [0, 0.1) is 6.92 Å². The minimum absolute atomic E-state index is 0.226. The molecule has 112 valence electrons. The summed E-state index contributed by atoms with van der Waals surface area (Å²) in [6.07, 6.45) is 2.88. The van der Waals surface area contributed by atoms with Crippen LogP contribution in [0.1, 0.15) is 15.3 Å². The van der Waals surface area contributed by atoms with E-state index in [2.05, 4.69) is 31.2 Å². The molecule has 0 bridgehead atoms. The van der Waals surface area contributed by atoms with Crippen LogP contribution in [0.15, 0.2) is 42.5 Å². The second-order valence-electron chi connectivity index (χ2n) is 5.00. The van der Waals surface area contributed by atoms with Gasteiger partial charge in [0.05, 0.1) is 12.3 Å². The van der Waals surface area contributed by atoms with E-state index in [1.807, 2.05) is 29.4 Å². The molecular weight excluding hydrogens is 298 g/mol. The van der Waals surface area contributed by atoms with E-state index in [9.17, 15) is 4.79 Å². The molecule has 2 nitrogen and oxygen atoms in total. The first-order valence-corrected chi connectivity index (χ1v) is 9.26. The molecular formula is C17H21NOS2. The number of nitrogens with zero attached hydrogens (tertiary/aromatic N) is 1. The number of thioether (sulfide) groups is 1. The van der Waals surface area contributed by atoms with Crippen molar-refractivity contribution in [3.8, 4) is 0 Å². The Balaban J connectivity index is 1.99. The number of amides is 1. The molecule has 0 aliphatic rings. The molecule has 1 aromatic carbocycles. The van der Waals surface area contributed by atoms with Gasteiger partial charge in [0.15, 0.2) is 0 Å². The van der Waals surface area contributed by atoms with Gasteiger partial charge in [-0.15, -0.1) is 11.3 Å². The molecule has 0 saturated carbocycles. The standard InChI is InChI=1S/C17H21NOS2/c1-14-8-9-16(21-14)12-18(17(19)13-20-2)11-10-15-6-4-3-5-7-15/h3-9H,10-13H2,1-2H3. The Morgan fingerprint density at radius 1 is 1.19 bits per heavy atom. The van der Waals surface area contributed by atoms with Crippen LogP contribution in [0.3, 0.4) is 0 Å². The van der Waals surface area contributed by atoms with Gasteiger partial charge in [-0.25, -0.2) is 0 Å². The average Bonchev–Trinajstić information content (AvgIpc) is 2.90. The van der Waals surface area contributed by atoms with Crippen molar-refractivity contribution in [2.45, 2.75) is 19.9 Å². The number of aryl methyl sites for hydroxylation is 1. The van der Waals surface area contributed by atoms with Gasteiger partial charge in [0.25, 0.3) is 0 Å². The van der Waals surface area contributed by atoms with Crippen LogP contribution in [-0.4, -0.2) is 29.4 Å². The van der Waals surface area contributed by atoms with E-state index >= 15 is 0 Å². The Morgan fingerprint density at radius 2 is 1.95 bits per heavy atom. The van der Waals surface area contributed by atoms with Crippen molar-refractivity contribution in [2.24, 2.45) is 0 Å². The fourth-order valence-corrected chi connectivity index (χ4v) is 3.51. The second-order valence-corrected chi connectivity index (χ2v) is 7.23. The maximum absolute atomic E-state index is 12.3. The number of thiophene rings is 1. The maximum Gasteiger partial charge on any atom is 0.232 e. The third-order valence-electron chi connectivity index (χ3n) is 3.28. The molecule has 0 aliphatic heterocycles. The zero-order valence-corrected chi connectivity index (χ0v) is 14.2. The molecule has 2 aromatic rings. The lowest BCUT2D eigenvalue weighted by Crippen LogP contribution is -2.33. The molecule has 0 radical (unpaired) electrons. The van der Waals surface area contributed by atoms with Gasteiger partial charge < -0.3 is 4.90 Å². The van der Waals surface area contributed by atoms with Gasteiger partial charge in [-0.3, -0.25) is 4.79 Å². The first kappa shape index (κ1) is 16.1. The third kappa shape index (κ3) is 5.21. The SMILES string of the molecule is CSCC(=O)N(CCc1ccccc1)Cc1ccc(C)s1. The molecule has 0 saturated heterocycles. The Labute approximate surface area is 135 Å². The molecule has 1 heterocycles. The van der Waals surface area contributed by atoms with Gasteiger partial charge in [-0.1, -0.05) is 30.3 Å². The van der Waals surface area contributed by atoms with Crippen LogP contribution in [0.5, 0.6) is 0 Å². The minimum atomic E-state index is 0.226. The summed E-state index contributed by atoms with van der Waals surface area (Å²) < 4.78 is 0. The van der Waals surface area contributed by atoms with Crippen molar-refractivity contribution in [1.82, 2.24) is 4.90 Å². The first-order valence-electron chi connectivity index (χ1n) is 7.05. The summed E-state index contributed by atoms with van der Waals surface area (Å²) in [5.74, 6) is 0.781. The highest BCUT2D eigenvalue weighted by atomic mass is 32.2. The number of carbonyl (C=O) groups excluding carboxylic acids is 1. The van der Waals surface area contributed by atoms with Gasteiger partial charge in [0.1, 0.15) is 0 Å². The molecule has 0 spiro atoms. The van der Waals surface area contributed by atoms with Crippen molar-refractivity contribution in [1.29, 1.82) is 0 Å². The van der Waals surface area contributed by atoms with Crippen molar-refractivity contribution >= 4 is 29.0 Å². The number of rotatable bonds is 7. The van der Waals surface area contributed by atoms with Gasteiger partial charge in [0, 0.05) is 16.3 Å². The molecule has 2 rings (SSSR count). The monoisotopic (exact) mass is 319 g/mol. The zero-order chi connectivity index (χ0) is 15.1. The lowest BCUT2D eigenvalue weighted by molar-refractivity contribution is -0.128. The van der Waals surface area contributed by atoms with Crippen LogP contribution in [0.4, 0.5) is 0 Å². The molecule has 0 fully saturated rings.